The molecule has 6 nitrogen and oxygen atoms in total. The summed E-state index contributed by atoms with van der Waals surface area (Å²) in [5, 5.41) is 0. The van der Waals surface area contributed by atoms with Crippen LogP contribution in [0.5, 0.6) is 23.1 Å². The molecule has 0 saturated carbocycles. The van der Waals surface area contributed by atoms with Crippen LogP contribution in [0.3, 0.4) is 0 Å². The van der Waals surface area contributed by atoms with E-state index < -0.39 is 0 Å². The number of methoxy groups -OCH3 is 3. The van der Waals surface area contributed by atoms with E-state index in [1.54, 1.807) is 21.3 Å². The number of hydrogen-bond acceptors (Lipinski definition) is 6. The molecule has 0 radical (unpaired) electrons. The third-order valence-corrected chi connectivity index (χ3v) is 6.09. The summed E-state index contributed by atoms with van der Waals surface area (Å²) in [7, 11) is 5.01. The molecule has 2 heterocycles. The van der Waals surface area contributed by atoms with Crippen molar-refractivity contribution >= 4 is 0 Å². The van der Waals surface area contributed by atoms with Crippen LogP contribution >= 0.6 is 0 Å². The minimum Gasteiger partial charge on any atom is -0.496 e. The smallest absolute Gasteiger partial charge is 0.213 e. The summed E-state index contributed by atoms with van der Waals surface area (Å²) >= 11 is 0. The summed E-state index contributed by atoms with van der Waals surface area (Å²) < 4.78 is 22.6. The molecule has 32 heavy (non-hydrogen) atoms. The SMILES string of the molecule is COc1cccc(-c2cc3c(c(OC)c2)OCCN(Cc2ccc(OC)c(C)c2C)C3)n1. The lowest BCUT2D eigenvalue weighted by atomic mass is 10.0. The van der Waals surface area contributed by atoms with Crippen molar-refractivity contribution in [1.29, 1.82) is 0 Å². The van der Waals surface area contributed by atoms with Gasteiger partial charge in [-0.1, -0.05) is 12.1 Å². The second-order valence-corrected chi connectivity index (χ2v) is 7.97. The van der Waals surface area contributed by atoms with Crippen molar-refractivity contribution in [1.82, 2.24) is 9.88 Å². The van der Waals surface area contributed by atoms with Crippen LogP contribution in [-0.2, 0) is 13.1 Å². The van der Waals surface area contributed by atoms with Gasteiger partial charge < -0.3 is 18.9 Å². The van der Waals surface area contributed by atoms with E-state index in [-0.39, 0.29) is 0 Å². The number of rotatable bonds is 6. The highest BCUT2D eigenvalue weighted by atomic mass is 16.5. The number of nitrogens with zero attached hydrogens (tertiary/aromatic N) is 2. The zero-order valence-electron chi connectivity index (χ0n) is 19.4. The number of pyridine rings is 1. The third kappa shape index (κ3) is 4.36. The first-order valence-corrected chi connectivity index (χ1v) is 10.7. The summed E-state index contributed by atoms with van der Waals surface area (Å²) in [4.78, 5) is 6.99. The van der Waals surface area contributed by atoms with Gasteiger partial charge in [0.25, 0.3) is 0 Å². The largest absolute Gasteiger partial charge is 0.496 e. The summed E-state index contributed by atoms with van der Waals surface area (Å²) in [6.45, 7) is 7.29. The van der Waals surface area contributed by atoms with Gasteiger partial charge in [0.05, 0.1) is 27.0 Å². The minimum absolute atomic E-state index is 0.583. The average Bonchev–Trinajstić information content (AvgIpc) is 3.03. The predicted molar refractivity (Wildman–Crippen MR) is 125 cm³/mol. The fourth-order valence-corrected chi connectivity index (χ4v) is 4.15. The highest BCUT2D eigenvalue weighted by molar-refractivity contribution is 5.67. The van der Waals surface area contributed by atoms with Crippen molar-refractivity contribution in [2.75, 3.05) is 34.5 Å². The van der Waals surface area contributed by atoms with Gasteiger partial charge in [-0.25, -0.2) is 4.98 Å². The second kappa shape index (κ2) is 9.49. The molecule has 2 aromatic carbocycles. The molecule has 0 spiro atoms. The molecule has 1 aliphatic heterocycles. The van der Waals surface area contributed by atoms with Crippen LogP contribution in [0.2, 0.25) is 0 Å². The molecule has 0 saturated heterocycles. The van der Waals surface area contributed by atoms with Crippen molar-refractivity contribution in [3.05, 3.63) is 64.7 Å². The molecule has 3 aromatic rings. The molecule has 0 fully saturated rings. The third-order valence-electron chi connectivity index (χ3n) is 6.09. The first-order chi connectivity index (χ1) is 15.5. The second-order valence-electron chi connectivity index (χ2n) is 7.97. The first-order valence-electron chi connectivity index (χ1n) is 10.7. The predicted octanol–water partition coefficient (Wildman–Crippen LogP) is 4.79. The van der Waals surface area contributed by atoms with E-state index in [0.717, 1.165) is 53.7 Å². The molecule has 0 amide bonds. The number of hydrogen-bond donors (Lipinski definition) is 0. The Hall–Kier alpha value is -3.25. The number of ether oxygens (including phenoxy) is 4. The Labute approximate surface area is 189 Å². The van der Waals surface area contributed by atoms with Gasteiger partial charge in [0, 0.05) is 36.8 Å². The van der Waals surface area contributed by atoms with Gasteiger partial charge in [-0.05, 0) is 54.8 Å². The average molecular weight is 435 g/mol. The Morgan fingerprint density at radius 2 is 1.75 bits per heavy atom. The molecule has 0 N–H and O–H groups in total. The Morgan fingerprint density at radius 3 is 2.50 bits per heavy atom. The number of benzene rings is 2. The van der Waals surface area contributed by atoms with Gasteiger partial charge >= 0.3 is 0 Å². The van der Waals surface area contributed by atoms with Crippen molar-refractivity contribution in [2.45, 2.75) is 26.9 Å². The molecule has 168 valence electrons. The molecule has 1 aliphatic rings. The molecule has 1 aromatic heterocycles. The van der Waals surface area contributed by atoms with Crippen LogP contribution in [0.25, 0.3) is 11.3 Å². The van der Waals surface area contributed by atoms with E-state index in [1.807, 2.05) is 24.3 Å². The fourth-order valence-electron chi connectivity index (χ4n) is 4.15. The topological polar surface area (TPSA) is 53.0 Å². The van der Waals surface area contributed by atoms with Crippen LogP contribution < -0.4 is 18.9 Å². The highest BCUT2D eigenvalue weighted by Gasteiger charge is 2.22. The number of fused-ring (bicyclic) bond motifs is 1. The van der Waals surface area contributed by atoms with Crippen LogP contribution in [0.15, 0.2) is 42.5 Å². The molecule has 0 aliphatic carbocycles. The zero-order valence-corrected chi connectivity index (χ0v) is 19.4. The lowest BCUT2D eigenvalue weighted by molar-refractivity contribution is 0.216. The number of aromatic nitrogens is 1. The van der Waals surface area contributed by atoms with Gasteiger partial charge in [0.2, 0.25) is 5.88 Å². The maximum absolute atomic E-state index is 6.13. The van der Waals surface area contributed by atoms with Crippen LogP contribution in [0, 0.1) is 13.8 Å². The van der Waals surface area contributed by atoms with Gasteiger partial charge in [0.15, 0.2) is 11.5 Å². The fraction of sp³-hybridized carbons (Fsp3) is 0.346. The minimum atomic E-state index is 0.583. The maximum atomic E-state index is 6.13. The lowest BCUT2D eigenvalue weighted by Gasteiger charge is -2.22. The Kier molecular flexibility index (Phi) is 6.51. The van der Waals surface area contributed by atoms with E-state index >= 15 is 0 Å². The molecular weight excluding hydrogens is 404 g/mol. The molecule has 0 unspecified atom stereocenters. The van der Waals surface area contributed by atoms with Crippen molar-refractivity contribution in [3.63, 3.8) is 0 Å². The van der Waals surface area contributed by atoms with Gasteiger partial charge in [0.1, 0.15) is 12.4 Å². The molecule has 4 rings (SSSR count). The summed E-state index contributed by atoms with van der Waals surface area (Å²) in [6, 6.07) is 14.1. The normalized spacial score (nSPS) is 13.7. The van der Waals surface area contributed by atoms with Gasteiger partial charge in [-0.15, -0.1) is 0 Å². The van der Waals surface area contributed by atoms with E-state index in [9.17, 15) is 0 Å². The van der Waals surface area contributed by atoms with E-state index in [4.69, 9.17) is 18.9 Å². The molecular formula is C26H30N2O4. The molecule has 6 heteroatoms. The standard InChI is InChI=1S/C26H30N2O4/c1-17-18(2)23(29-3)10-9-19(17)15-28-11-12-32-26-21(16-28)13-20(14-24(26)30-4)22-7-6-8-25(27-22)31-5/h6-10,13-14H,11-12,15-16H2,1-5H3. The summed E-state index contributed by atoms with van der Waals surface area (Å²) in [5.74, 6) is 3.04. The summed E-state index contributed by atoms with van der Waals surface area (Å²) in [5.41, 5.74) is 6.64. The Balaban J connectivity index is 1.66. The monoisotopic (exact) mass is 434 g/mol. The summed E-state index contributed by atoms with van der Waals surface area (Å²) in [6.07, 6.45) is 0. The lowest BCUT2D eigenvalue weighted by Crippen LogP contribution is -2.25. The highest BCUT2D eigenvalue weighted by Crippen LogP contribution is 2.38. The quantitative estimate of drug-likeness (QED) is 0.556. The molecule has 0 atom stereocenters. The Bertz CT molecular complexity index is 1110. The van der Waals surface area contributed by atoms with Crippen molar-refractivity contribution < 1.29 is 18.9 Å². The van der Waals surface area contributed by atoms with E-state index in [2.05, 4.69) is 41.9 Å². The van der Waals surface area contributed by atoms with Gasteiger partial charge in [-0.2, -0.15) is 0 Å². The van der Waals surface area contributed by atoms with Crippen LogP contribution in [0.1, 0.15) is 22.3 Å². The van der Waals surface area contributed by atoms with E-state index in [0.29, 0.717) is 12.5 Å². The molecule has 0 bridgehead atoms. The maximum Gasteiger partial charge on any atom is 0.213 e. The van der Waals surface area contributed by atoms with Crippen molar-refractivity contribution in [3.8, 4) is 34.4 Å². The first kappa shape index (κ1) is 22.0. The van der Waals surface area contributed by atoms with Crippen LogP contribution in [0.4, 0.5) is 0 Å². The van der Waals surface area contributed by atoms with Gasteiger partial charge in [-0.3, -0.25) is 4.90 Å². The Morgan fingerprint density at radius 1 is 0.938 bits per heavy atom. The van der Waals surface area contributed by atoms with Crippen molar-refractivity contribution in [2.24, 2.45) is 0 Å². The van der Waals surface area contributed by atoms with Crippen LogP contribution in [-0.4, -0.2) is 44.4 Å². The zero-order chi connectivity index (χ0) is 22.7. The van der Waals surface area contributed by atoms with E-state index in [1.165, 1.54) is 16.7 Å².